The van der Waals surface area contributed by atoms with Crippen LogP contribution in [0.25, 0.3) is 0 Å². The van der Waals surface area contributed by atoms with Crippen molar-refractivity contribution in [3.63, 3.8) is 0 Å². The monoisotopic (exact) mass is 322 g/mol. The van der Waals surface area contributed by atoms with Gasteiger partial charge in [0, 0.05) is 38.3 Å². The molecule has 1 aromatic heterocycles. The number of carbonyl (C=O) groups is 1. The number of likely N-dealkylation sites (tertiary alicyclic amines) is 1. The first-order valence-corrected chi connectivity index (χ1v) is 8.55. The van der Waals surface area contributed by atoms with Crippen molar-refractivity contribution in [2.45, 2.75) is 38.8 Å². The third-order valence-electron chi connectivity index (χ3n) is 4.59. The second-order valence-corrected chi connectivity index (χ2v) is 6.20. The van der Waals surface area contributed by atoms with Crippen molar-refractivity contribution in [1.29, 1.82) is 0 Å². The van der Waals surface area contributed by atoms with Crippen LogP contribution in [0.1, 0.15) is 31.2 Å². The van der Waals surface area contributed by atoms with E-state index in [4.69, 9.17) is 9.26 Å². The molecule has 0 saturated carbocycles. The summed E-state index contributed by atoms with van der Waals surface area (Å²) in [6.07, 6.45) is 2.99. The van der Waals surface area contributed by atoms with E-state index in [1.165, 1.54) is 0 Å². The number of urea groups is 1. The van der Waals surface area contributed by atoms with Crippen LogP contribution in [0.15, 0.2) is 10.6 Å². The Kier molecular flexibility index (Phi) is 5.51. The highest BCUT2D eigenvalue weighted by Gasteiger charge is 2.30. The number of ether oxygens (including phenoxy) is 1. The molecule has 0 spiro atoms. The first kappa shape index (κ1) is 16.3. The molecule has 0 unspecified atom stereocenters. The molecule has 7 heteroatoms. The van der Waals surface area contributed by atoms with Gasteiger partial charge >= 0.3 is 6.03 Å². The van der Waals surface area contributed by atoms with E-state index in [1.807, 2.05) is 17.9 Å². The van der Waals surface area contributed by atoms with Crippen LogP contribution in [0.5, 0.6) is 0 Å². The summed E-state index contributed by atoms with van der Waals surface area (Å²) in [6, 6.07) is 2.19. The summed E-state index contributed by atoms with van der Waals surface area (Å²) in [5.41, 5.74) is 0.917. The SMILES string of the molecule is CCc1cc(CNC(=O)N2CCC[C@H]2CN2CCOCC2)on1. The largest absolute Gasteiger partial charge is 0.379 e. The van der Waals surface area contributed by atoms with E-state index >= 15 is 0 Å². The lowest BCUT2D eigenvalue weighted by atomic mass is 10.2. The number of rotatable bonds is 5. The van der Waals surface area contributed by atoms with Gasteiger partial charge in [0.1, 0.15) is 0 Å². The summed E-state index contributed by atoms with van der Waals surface area (Å²) in [4.78, 5) is 16.8. The van der Waals surface area contributed by atoms with Gasteiger partial charge in [0.2, 0.25) is 0 Å². The molecule has 0 bridgehead atoms. The van der Waals surface area contributed by atoms with Crippen LogP contribution in [0.4, 0.5) is 4.79 Å². The maximum Gasteiger partial charge on any atom is 0.318 e. The molecular formula is C16H26N4O3. The first-order valence-electron chi connectivity index (χ1n) is 8.55. The average molecular weight is 322 g/mol. The summed E-state index contributed by atoms with van der Waals surface area (Å²) in [7, 11) is 0. The van der Waals surface area contributed by atoms with Gasteiger partial charge < -0.3 is 19.5 Å². The third-order valence-corrected chi connectivity index (χ3v) is 4.59. The Morgan fingerprint density at radius 3 is 2.96 bits per heavy atom. The fraction of sp³-hybridized carbons (Fsp3) is 0.750. The zero-order chi connectivity index (χ0) is 16.1. The van der Waals surface area contributed by atoms with Gasteiger partial charge in [-0.2, -0.15) is 0 Å². The normalized spacial score (nSPS) is 22.5. The van der Waals surface area contributed by atoms with Crippen LogP contribution in [0.2, 0.25) is 0 Å². The average Bonchev–Trinajstić information content (AvgIpc) is 3.22. The number of amides is 2. The van der Waals surface area contributed by atoms with Gasteiger partial charge in [-0.3, -0.25) is 4.90 Å². The molecule has 23 heavy (non-hydrogen) atoms. The summed E-state index contributed by atoms with van der Waals surface area (Å²) < 4.78 is 10.6. The Bertz CT molecular complexity index is 513. The minimum Gasteiger partial charge on any atom is -0.379 e. The molecule has 2 fully saturated rings. The number of aryl methyl sites for hydroxylation is 1. The van der Waals surface area contributed by atoms with E-state index in [2.05, 4.69) is 15.4 Å². The fourth-order valence-corrected chi connectivity index (χ4v) is 3.24. The molecule has 2 aliphatic heterocycles. The highest BCUT2D eigenvalue weighted by molar-refractivity contribution is 5.74. The quantitative estimate of drug-likeness (QED) is 0.883. The van der Waals surface area contributed by atoms with Crippen molar-refractivity contribution in [3.8, 4) is 0 Å². The van der Waals surface area contributed by atoms with Crippen molar-refractivity contribution in [2.75, 3.05) is 39.4 Å². The number of nitrogens with zero attached hydrogens (tertiary/aromatic N) is 3. The van der Waals surface area contributed by atoms with E-state index in [0.717, 1.165) is 64.3 Å². The number of morpholine rings is 1. The molecule has 128 valence electrons. The van der Waals surface area contributed by atoms with E-state index in [1.54, 1.807) is 0 Å². The lowest BCUT2D eigenvalue weighted by Crippen LogP contribution is -2.49. The molecule has 1 aromatic rings. The molecule has 1 N–H and O–H groups in total. The second kappa shape index (κ2) is 7.79. The fourth-order valence-electron chi connectivity index (χ4n) is 3.24. The predicted molar refractivity (Wildman–Crippen MR) is 85.1 cm³/mol. The van der Waals surface area contributed by atoms with Crippen molar-refractivity contribution < 1.29 is 14.1 Å². The van der Waals surface area contributed by atoms with Gasteiger partial charge in [0.05, 0.1) is 25.5 Å². The highest BCUT2D eigenvalue weighted by atomic mass is 16.5. The predicted octanol–water partition coefficient (Wildman–Crippen LogP) is 1.24. The maximum absolute atomic E-state index is 12.5. The first-order chi connectivity index (χ1) is 11.3. The van der Waals surface area contributed by atoms with Crippen molar-refractivity contribution in [1.82, 2.24) is 20.3 Å². The van der Waals surface area contributed by atoms with Crippen LogP contribution in [-0.4, -0.2) is 66.4 Å². The van der Waals surface area contributed by atoms with Crippen LogP contribution in [0.3, 0.4) is 0 Å². The van der Waals surface area contributed by atoms with Crippen molar-refractivity contribution in [3.05, 3.63) is 17.5 Å². The molecular weight excluding hydrogens is 296 g/mol. The van der Waals surface area contributed by atoms with Gasteiger partial charge in [-0.25, -0.2) is 4.79 Å². The minimum absolute atomic E-state index is 0.00444. The summed E-state index contributed by atoms with van der Waals surface area (Å²) in [6.45, 7) is 7.71. The second-order valence-electron chi connectivity index (χ2n) is 6.20. The lowest BCUT2D eigenvalue weighted by Gasteiger charge is -2.32. The van der Waals surface area contributed by atoms with E-state index in [0.29, 0.717) is 18.3 Å². The standard InChI is InChI=1S/C16H26N4O3/c1-2-13-10-15(23-18-13)11-17-16(21)20-5-3-4-14(20)12-19-6-8-22-9-7-19/h10,14H,2-9,11-12H2,1H3,(H,17,21)/t14-/m0/s1. The molecule has 2 aliphatic rings. The minimum atomic E-state index is -0.00444. The zero-order valence-corrected chi connectivity index (χ0v) is 13.8. The van der Waals surface area contributed by atoms with Crippen LogP contribution < -0.4 is 5.32 Å². The van der Waals surface area contributed by atoms with Crippen molar-refractivity contribution in [2.24, 2.45) is 0 Å². The Morgan fingerprint density at radius 1 is 1.39 bits per heavy atom. The number of carbonyl (C=O) groups excluding carboxylic acids is 1. The van der Waals surface area contributed by atoms with Crippen molar-refractivity contribution >= 4 is 6.03 Å². The molecule has 1 atom stereocenters. The number of nitrogens with one attached hydrogen (secondary N) is 1. The summed E-state index contributed by atoms with van der Waals surface area (Å²) in [5.74, 6) is 0.708. The summed E-state index contributed by atoms with van der Waals surface area (Å²) in [5, 5.41) is 6.90. The molecule has 2 amide bonds. The maximum atomic E-state index is 12.5. The molecule has 3 heterocycles. The van der Waals surface area contributed by atoms with Gasteiger partial charge in [0.15, 0.2) is 5.76 Å². The Labute approximate surface area is 136 Å². The molecule has 7 nitrogen and oxygen atoms in total. The number of hydrogen-bond acceptors (Lipinski definition) is 5. The van der Waals surface area contributed by atoms with Gasteiger partial charge in [-0.1, -0.05) is 12.1 Å². The van der Waals surface area contributed by atoms with Crippen LogP contribution >= 0.6 is 0 Å². The number of aromatic nitrogens is 1. The number of hydrogen-bond donors (Lipinski definition) is 1. The van der Waals surface area contributed by atoms with Crippen LogP contribution in [-0.2, 0) is 17.7 Å². The lowest BCUT2D eigenvalue weighted by molar-refractivity contribution is 0.0292. The highest BCUT2D eigenvalue weighted by Crippen LogP contribution is 2.19. The van der Waals surface area contributed by atoms with E-state index in [9.17, 15) is 4.79 Å². The molecule has 2 saturated heterocycles. The third kappa shape index (κ3) is 4.23. The Morgan fingerprint density at radius 2 is 2.22 bits per heavy atom. The molecule has 3 rings (SSSR count). The molecule has 0 aliphatic carbocycles. The van der Waals surface area contributed by atoms with Gasteiger partial charge in [-0.15, -0.1) is 0 Å². The van der Waals surface area contributed by atoms with E-state index < -0.39 is 0 Å². The van der Waals surface area contributed by atoms with Crippen LogP contribution in [0, 0.1) is 0 Å². The Balaban J connectivity index is 1.48. The zero-order valence-electron chi connectivity index (χ0n) is 13.8. The Hall–Kier alpha value is -1.60. The van der Waals surface area contributed by atoms with Gasteiger partial charge in [-0.05, 0) is 19.3 Å². The molecule has 0 radical (unpaired) electrons. The summed E-state index contributed by atoms with van der Waals surface area (Å²) >= 11 is 0. The molecule has 0 aromatic carbocycles. The topological polar surface area (TPSA) is 70.8 Å². The van der Waals surface area contributed by atoms with Gasteiger partial charge in [0.25, 0.3) is 0 Å². The van der Waals surface area contributed by atoms with E-state index in [-0.39, 0.29) is 6.03 Å². The smallest absolute Gasteiger partial charge is 0.318 e.